The van der Waals surface area contributed by atoms with E-state index in [1.807, 2.05) is 36.4 Å². The molecule has 5 nitrogen and oxygen atoms in total. The number of hydrogen-bond acceptors (Lipinski definition) is 4. The Kier molecular flexibility index (Phi) is 5.36. The highest BCUT2D eigenvalue weighted by Gasteiger charge is 2.18. The van der Waals surface area contributed by atoms with Crippen LogP contribution in [0.3, 0.4) is 0 Å². The van der Waals surface area contributed by atoms with Crippen LogP contribution in [0.1, 0.15) is 16.1 Å². The lowest BCUT2D eigenvalue weighted by molar-refractivity contribution is 0.0950. The molecule has 0 spiro atoms. The lowest BCUT2D eigenvalue weighted by Gasteiger charge is -2.06. The van der Waals surface area contributed by atoms with E-state index >= 15 is 0 Å². The number of nitrogens with one attached hydrogen (secondary N) is 1. The Morgan fingerprint density at radius 1 is 1.16 bits per heavy atom. The molecule has 0 atom stereocenters. The minimum absolute atomic E-state index is 0.265. The Morgan fingerprint density at radius 3 is 2.56 bits per heavy atom. The SMILES string of the molecule is COc1ccc(-c2ocnc2C(=O)NCCc2ccc(Cl)cc2)cc1. The van der Waals surface area contributed by atoms with Crippen LogP contribution in [0.2, 0.25) is 5.02 Å². The number of aromatic nitrogens is 1. The highest BCUT2D eigenvalue weighted by molar-refractivity contribution is 6.30. The Morgan fingerprint density at radius 2 is 1.88 bits per heavy atom. The van der Waals surface area contributed by atoms with Crippen LogP contribution < -0.4 is 10.1 Å². The molecule has 1 aromatic heterocycles. The van der Waals surface area contributed by atoms with Crippen LogP contribution in [0.25, 0.3) is 11.3 Å². The van der Waals surface area contributed by atoms with Crippen LogP contribution in [0.5, 0.6) is 5.75 Å². The van der Waals surface area contributed by atoms with Gasteiger partial charge in [0.2, 0.25) is 0 Å². The second kappa shape index (κ2) is 7.85. The maximum absolute atomic E-state index is 12.4. The van der Waals surface area contributed by atoms with E-state index in [4.69, 9.17) is 20.8 Å². The van der Waals surface area contributed by atoms with Gasteiger partial charge in [-0.3, -0.25) is 4.79 Å². The number of oxazole rings is 1. The Bertz CT molecular complexity index is 842. The lowest BCUT2D eigenvalue weighted by atomic mass is 10.1. The first kappa shape index (κ1) is 17.0. The molecular weight excluding hydrogens is 340 g/mol. The minimum Gasteiger partial charge on any atom is -0.497 e. The van der Waals surface area contributed by atoms with Crippen molar-refractivity contribution >= 4 is 17.5 Å². The van der Waals surface area contributed by atoms with Crippen LogP contribution in [-0.2, 0) is 6.42 Å². The van der Waals surface area contributed by atoms with Crippen LogP contribution in [0.15, 0.2) is 59.3 Å². The van der Waals surface area contributed by atoms with Crippen molar-refractivity contribution in [1.29, 1.82) is 0 Å². The molecule has 1 heterocycles. The van der Waals surface area contributed by atoms with Gasteiger partial charge in [0.25, 0.3) is 5.91 Å². The summed E-state index contributed by atoms with van der Waals surface area (Å²) in [5.41, 5.74) is 2.13. The Hall–Kier alpha value is -2.79. The summed E-state index contributed by atoms with van der Waals surface area (Å²) in [5, 5.41) is 3.56. The molecule has 1 amide bonds. The molecule has 25 heavy (non-hydrogen) atoms. The fourth-order valence-electron chi connectivity index (χ4n) is 2.41. The molecule has 3 aromatic rings. The maximum Gasteiger partial charge on any atom is 0.273 e. The molecule has 3 rings (SSSR count). The van der Waals surface area contributed by atoms with Crippen molar-refractivity contribution in [2.24, 2.45) is 0 Å². The van der Waals surface area contributed by atoms with E-state index in [1.165, 1.54) is 6.39 Å². The molecule has 0 saturated heterocycles. The van der Waals surface area contributed by atoms with Crippen molar-refractivity contribution in [2.75, 3.05) is 13.7 Å². The highest BCUT2D eigenvalue weighted by atomic mass is 35.5. The third-order valence-corrected chi connectivity index (χ3v) is 4.00. The van der Waals surface area contributed by atoms with Gasteiger partial charge in [-0.1, -0.05) is 23.7 Å². The first-order chi connectivity index (χ1) is 12.2. The van der Waals surface area contributed by atoms with Crippen LogP contribution in [-0.4, -0.2) is 24.5 Å². The molecule has 6 heteroatoms. The van der Waals surface area contributed by atoms with Gasteiger partial charge in [0.15, 0.2) is 17.8 Å². The van der Waals surface area contributed by atoms with Crippen molar-refractivity contribution < 1.29 is 13.9 Å². The molecule has 1 N–H and O–H groups in total. The molecule has 128 valence electrons. The summed E-state index contributed by atoms with van der Waals surface area (Å²) in [7, 11) is 1.60. The van der Waals surface area contributed by atoms with E-state index in [2.05, 4.69) is 10.3 Å². The average Bonchev–Trinajstić information content (AvgIpc) is 3.13. The normalized spacial score (nSPS) is 10.5. The monoisotopic (exact) mass is 356 g/mol. The van der Waals surface area contributed by atoms with E-state index < -0.39 is 0 Å². The fourth-order valence-corrected chi connectivity index (χ4v) is 2.54. The predicted octanol–water partition coefficient (Wildman–Crippen LogP) is 3.98. The molecule has 0 bridgehead atoms. The molecule has 0 radical (unpaired) electrons. The number of carbonyl (C=O) groups excluding carboxylic acids is 1. The topological polar surface area (TPSA) is 64.4 Å². The number of hydrogen-bond donors (Lipinski definition) is 1. The molecule has 2 aromatic carbocycles. The van der Waals surface area contributed by atoms with E-state index in [0.717, 1.165) is 16.9 Å². The minimum atomic E-state index is -0.270. The number of methoxy groups -OCH3 is 1. The number of halogens is 1. The summed E-state index contributed by atoms with van der Waals surface area (Å²) in [6.45, 7) is 0.495. The van der Waals surface area contributed by atoms with Crippen molar-refractivity contribution in [3.05, 3.63) is 71.2 Å². The van der Waals surface area contributed by atoms with E-state index in [9.17, 15) is 4.79 Å². The van der Waals surface area contributed by atoms with Gasteiger partial charge in [-0.2, -0.15) is 0 Å². The van der Waals surface area contributed by atoms with Gasteiger partial charge in [0, 0.05) is 17.1 Å². The van der Waals surface area contributed by atoms with E-state index in [-0.39, 0.29) is 11.6 Å². The zero-order chi connectivity index (χ0) is 17.6. The van der Waals surface area contributed by atoms with Gasteiger partial charge in [0.05, 0.1) is 7.11 Å². The largest absolute Gasteiger partial charge is 0.497 e. The second-order valence-corrected chi connectivity index (χ2v) is 5.83. The number of carbonyl (C=O) groups is 1. The Labute approximate surface area is 150 Å². The van der Waals surface area contributed by atoms with Crippen LogP contribution in [0.4, 0.5) is 0 Å². The number of rotatable bonds is 6. The predicted molar refractivity (Wildman–Crippen MR) is 96.0 cm³/mol. The molecular formula is C19H17ClN2O3. The number of nitrogens with zero attached hydrogens (tertiary/aromatic N) is 1. The first-order valence-electron chi connectivity index (χ1n) is 7.78. The van der Waals surface area contributed by atoms with Gasteiger partial charge in [0.1, 0.15) is 5.75 Å². The van der Waals surface area contributed by atoms with Gasteiger partial charge in [-0.05, 0) is 48.4 Å². The zero-order valence-electron chi connectivity index (χ0n) is 13.7. The van der Waals surface area contributed by atoms with E-state index in [1.54, 1.807) is 19.2 Å². The fraction of sp³-hybridized carbons (Fsp3) is 0.158. The lowest BCUT2D eigenvalue weighted by Crippen LogP contribution is -2.26. The smallest absolute Gasteiger partial charge is 0.273 e. The van der Waals surface area contributed by atoms with E-state index in [0.29, 0.717) is 23.7 Å². The summed E-state index contributed by atoms with van der Waals surface area (Å²) < 4.78 is 10.5. The summed E-state index contributed by atoms with van der Waals surface area (Å²) in [6, 6.07) is 14.8. The number of benzene rings is 2. The molecule has 0 aliphatic heterocycles. The highest BCUT2D eigenvalue weighted by Crippen LogP contribution is 2.25. The third-order valence-electron chi connectivity index (χ3n) is 3.75. The van der Waals surface area contributed by atoms with Crippen LogP contribution >= 0.6 is 11.6 Å². The molecule has 0 aliphatic carbocycles. The molecule has 0 unspecified atom stereocenters. The van der Waals surface area contributed by atoms with Crippen LogP contribution in [0, 0.1) is 0 Å². The molecule has 0 aliphatic rings. The average molecular weight is 357 g/mol. The molecule has 0 fully saturated rings. The second-order valence-electron chi connectivity index (χ2n) is 5.39. The summed E-state index contributed by atoms with van der Waals surface area (Å²) in [5.74, 6) is 0.900. The summed E-state index contributed by atoms with van der Waals surface area (Å²) in [6.07, 6.45) is 1.98. The summed E-state index contributed by atoms with van der Waals surface area (Å²) in [4.78, 5) is 16.4. The first-order valence-corrected chi connectivity index (χ1v) is 8.15. The van der Waals surface area contributed by atoms with Gasteiger partial charge in [-0.25, -0.2) is 4.98 Å². The quantitative estimate of drug-likeness (QED) is 0.725. The van der Waals surface area contributed by atoms with Crippen molar-refractivity contribution in [3.8, 4) is 17.1 Å². The number of amides is 1. The zero-order valence-corrected chi connectivity index (χ0v) is 14.4. The van der Waals surface area contributed by atoms with Crippen molar-refractivity contribution in [1.82, 2.24) is 10.3 Å². The third kappa shape index (κ3) is 4.19. The van der Waals surface area contributed by atoms with Gasteiger partial charge >= 0.3 is 0 Å². The standard InChI is InChI=1S/C19H17ClN2O3/c1-24-16-8-4-14(5-9-16)18-17(22-12-25-18)19(23)21-11-10-13-2-6-15(20)7-3-13/h2-9,12H,10-11H2,1H3,(H,21,23). The molecule has 0 saturated carbocycles. The van der Waals surface area contributed by atoms with Gasteiger partial charge in [-0.15, -0.1) is 0 Å². The Balaban J connectivity index is 1.64. The maximum atomic E-state index is 12.4. The number of ether oxygens (including phenoxy) is 1. The summed E-state index contributed by atoms with van der Waals surface area (Å²) >= 11 is 5.86. The van der Waals surface area contributed by atoms with Crippen molar-refractivity contribution in [2.45, 2.75) is 6.42 Å². The van der Waals surface area contributed by atoms with Gasteiger partial charge < -0.3 is 14.5 Å². The van der Waals surface area contributed by atoms with Crippen molar-refractivity contribution in [3.63, 3.8) is 0 Å².